The molecule has 3 rings (SSSR count). The minimum Gasteiger partial charge on any atom is -0.464 e. The first-order valence-corrected chi connectivity index (χ1v) is 11.4. The van der Waals surface area contributed by atoms with E-state index in [2.05, 4.69) is 0 Å². The number of carbonyl (C=O) groups is 1. The van der Waals surface area contributed by atoms with E-state index in [0.717, 1.165) is 28.0 Å². The number of benzene rings is 2. The molecule has 3 aromatic rings. The summed E-state index contributed by atoms with van der Waals surface area (Å²) < 4.78 is 29.6. The Morgan fingerprint density at radius 3 is 2.24 bits per heavy atom. The van der Waals surface area contributed by atoms with Gasteiger partial charge in [0.1, 0.15) is 5.76 Å². The first-order chi connectivity index (χ1) is 13.7. The van der Waals surface area contributed by atoms with Crippen LogP contribution in [0, 0.1) is 13.8 Å². The van der Waals surface area contributed by atoms with Crippen LogP contribution in [0.15, 0.2) is 59.2 Å². The third-order valence-electron chi connectivity index (χ3n) is 5.40. The molecule has 0 saturated heterocycles. The van der Waals surface area contributed by atoms with Crippen LogP contribution >= 0.6 is 0 Å². The van der Waals surface area contributed by atoms with Crippen LogP contribution < -0.4 is 0 Å². The minimum absolute atomic E-state index is 0.00825. The summed E-state index contributed by atoms with van der Waals surface area (Å²) in [5.74, 6) is 0.818. The van der Waals surface area contributed by atoms with Crippen molar-refractivity contribution in [2.75, 3.05) is 0 Å². The Morgan fingerprint density at radius 1 is 0.966 bits per heavy atom. The van der Waals surface area contributed by atoms with Crippen molar-refractivity contribution in [2.45, 2.75) is 45.1 Å². The van der Waals surface area contributed by atoms with Gasteiger partial charge in [-0.25, -0.2) is 8.42 Å². The molecule has 1 heterocycles. The summed E-state index contributed by atoms with van der Waals surface area (Å²) in [4.78, 5) is 12.8. The highest BCUT2D eigenvalue weighted by atomic mass is 32.2. The molecule has 0 spiro atoms. The van der Waals surface area contributed by atoms with Crippen molar-refractivity contribution in [2.24, 2.45) is 0 Å². The molecule has 4 nitrogen and oxygen atoms in total. The summed E-state index contributed by atoms with van der Waals surface area (Å²) in [6.07, 6.45) is 1.95. The van der Waals surface area contributed by atoms with Crippen molar-refractivity contribution in [1.82, 2.24) is 0 Å². The SMILES string of the molecule is Cc1c(CC(=O)c2ccc(CS(=O)(=O)C(C)C)cc2)ccc(-c2ccco2)c1C. The van der Waals surface area contributed by atoms with E-state index >= 15 is 0 Å². The van der Waals surface area contributed by atoms with Crippen molar-refractivity contribution in [3.05, 3.63) is 82.6 Å². The predicted molar refractivity (Wildman–Crippen MR) is 116 cm³/mol. The van der Waals surface area contributed by atoms with Gasteiger partial charge in [-0.1, -0.05) is 36.4 Å². The van der Waals surface area contributed by atoms with Gasteiger partial charge < -0.3 is 4.42 Å². The fourth-order valence-corrected chi connectivity index (χ4v) is 4.22. The zero-order valence-corrected chi connectivity index (χ0v) is 18.0. The van der Waals surface area contributed by atoms with Crippen molar-refractivity contribution < 1.29 is 17.6 Å². The molecular formula is C24H26O4S. The van der Waals surface area contributed by atoms with Crippen LogP contribution in [0.5, 0.6) is 0 Å². The van der Waals surface area contributed by atoms with E-state index in [-0.39, 0.29) is 11.5 Å². The van der Waals surface area contributed by atoms with Crippen LogP contribution in [0.3, 0.4) is 0 Å². The highest BCUT2D eigenvalue weighted by molar-refractivity contribution is 7.91. The van der Waals surface area contributed by atoms with E-state index in [4.69, 9.17) is 4.42 Å². The fourth-order valence-electron chi connectivity index (χ4n) is 3.23. The fraction of sp³-hybridized carbons (Fsp3) is 0.292. The van der Waals surface area contributed by atoms with Crippen molar-refractivity contribution in [3.63, 3.8) is 0 Å². The molecule has 0 aliphatic rings. The van der Waals surface area contributed by atoms with Gasteiger partial charge in [-0.3, -0.25) is 4.79 Å². The van der Waals surface area contributed by atoms with Gasteiger partial charge in [0.05, 0.1) is 17.3 Å². The molecule has 0 atom stereocenters. The highest BCUT2D eigenvalue weighted by Gasteiger charge is 2.17. The Labute approximate surface area is 172 Å². The van der Waals surface area contributed by atoms with Gasteiger partial charge in [0.25, 0.3) is 0 Å². The lowest BCUT2D eigenvalue weighted by Gasteiger charge is -2.12. The van der Waals surface area contributed by atoms with Gasteiger partial charge >= 0.3 is 0 Å². The molecule has 5 heteroatoms. The standard InChI is InChI=1S/C24H26O4S/c1-16(2)29(26,27)15-19-7-9-20(10-8-19)23(25)14-21-11-12-22(18(4)17(21)3)24-6-5-13-28-24/h5-13,16H,14-15H2,1-4H3. The number of sulfone groups is 1. The average Bonchev–Trinajstić information content (AvgIpc) is 3.20. The molecule has 0 fully saturated rings. The molecular weight excluding hydrogens is 384 g/mol. The molecule has 2 aromatic carbocycles. The molecule has 1 aromatic heterocycles. The number of furan rings is 1. The summed E-state index contributed by atoms with van der Waals surface area (Å²) >= 11 is 0. The highest BCUT2D eigenvalue weighted by Crippen LogP contribution is 2.28. The lowest BCUT2D eigenvalue weighted by molar-refractivity contribution is 0.0992. The zero-order valence-electron chi connectivity index (χ0n) is 17.2. The van der Waals surface area contributed by atoms with Gasteiger partial charge in [0.2, 0.25) is 0 Å². The van der Waals surface area contributed by atoms with Crippen LogP contribution in [0.1, 0.15) is 46.5 Å². The Kier molecular flexibility index (Phi) is 6.08. The van der Waals surface area contributed by atoms with E-state index in [0.29, 0.717) is 17.5 Å². The van der Waals surface area contributed by atoms with Crippen LogP contribution in [0.2, 0.25) is 0 Å². The second-order valence-electron chi connectivity index (χ2n) is 7.65. The van der Waals surface area contributed by atoms with Gasteiger partial charge in [0, 0.05) is 17.5 Å². The quantitative estimate of drug-likeness (QED) is 0.495. The number of Topliss-reactive ketones (excluding diaryl/α,β-unsaturated/α-hetero) is 1. The van der Waals surface area contributed by atoms with E-state index < -0.39 is 15.1 Å². The van der Waals surface area contributed by atoms with Crippen LogP contribution in [0.4, 0.5) is 0 Å². The Bertz CT molecular complexity index is 1110. The maximum absolute atomic E-state index is 12.8. The number of hydrogen-bond acceptors (Lipinski definition) is 4. The molecule has 0 N–H and O–H groups in total. The molecule has 0 radical (unpaired) electrons. The lowest BCUT2D eigenvalue weighted by atomic mass is 9.92. The van der Waals surface area contributed by atoms with Crippen molar-refractivity contribution in [3.8, 4) is 11.3 Å². The first-order valence-electron chi connectivity index (χ1n) is 9.65. The topological polar surface area (TPSA) is 64.3 Å². The predicted octanol–water partition coefficient (Wildman–Crippen LogP) is 5.31. The smallest absolute Gasteiger partial charge is 0.167 e. The Balaban J connectivity index is 1.76. The number of hydrogen-bond donors (Lipinski definition) is 0. The molecule has 0 bridgehead atoms. The summed E-state index contributed by atoms with van der Waals surface area (Å²) in [5, 5.41) is -0.417. The molecule has 29 heavy (non-hydrogen) atoms. The van der Waals surface area contributed by atoms with Gasteiger partial charge in [-0.05, 0) is 62.1 Å². The maximum atomic E-state index is 12.8. The second-order valence-corrected chi connectivity index (χ2v) is 10.2. The number of rotatable bonds is 7. The largest absolute Gasteiger partial charge is 0.464 e. The van der Waals surface area contributed by atoms with Gasteiger partial charge in [-0.15, -0.1) is 0 Å². The maximum Gasteiger partial charge on any atom is 0.167 e. The van der Waals surface area contributed by atoms with E-state index in [9.17, 15) is 13.2 Å². The molecule has 0 aliphatic heterocycles. The zero-order chi connectivity index (χ0) is 21.2. The van der Waals surface area contributed by atoms with Crippen molar-refractivity contribution in [1.29, 1.82) is 0 Å². The lowest BCUT2D eigenvalue weighted by Crippen LogP contribution is -2.16. The second kappa shape index (κ2) is 8.37. The van der Waals surface area contributed by atoms with Crippen LogP contribution in [0.25, 0.3) is 11.3 Å². The van der Waals surface area contributed by atoms with E-state index in [1.165, 1.54) is 0 Å². The number of ketones is 1. The summed E-state index contributed by atoms with van der Waals surface area (Å²) in [5.41, 5.74) is 5.47. The molecule has 0 amide bonds. The molecule has 0 unspecified atom stereocenters. The molecule has 152 valence electrons. The summed E-state index contributed by atoms with van der Waals surface area (Å²) in [6, 6.07) is 14.6. The Morgan fingerprint density at radius 2 is 1.66 bits per heavy atom. The number of carbonyl (C=O) groups excluding carboxylic acids is 1. The summed E-state index contributed by atoms with van der Waals surface area (Å²) in [6.45, 7) is 7.40. The molecule has 0 saturated carbocycles. The van der Waals surface area contributed by atoms with Gasteiger partial charge in [-0.2, -0.15) is 0 Å². The van der Waals surface area contributed by atoms with E-state index in [1.54, 1.807) is 44.4 Å². The van der Waals surface area contributed by atoms with Crippen molar-refractivity contribution >= 4 is 15.6 Å². The van der Waals surface area contributed by atoms with Crippen LogP contribution in [-0.2, 0) is 22.0 Å². The third kappa shape index (κ3) is 4.67. The monoisotopic (exact) mass is 410 g/mol. The third-order valence-corrected chi connectivity index (χ3v) is 7.57. The molecule has 0 aliphatic carbocycles. The van der Waals surface area contributed by atoms with Gasteiger partial charge in [0.15, 0.2) is 15.6 Å². The van der Waals surface area contributed by atoms with E-state index in [1.807, 2.05) is 38.1 Å². The first kappa shape index (κ1) is 21.1. The normalized spacial score (nSPS) is 11.8. The summed E-state index contributed by atoms with van der Waals surface area (Å²) in [7, 11) is -3.16. The Hall–Kier alpha value is -2.66. The average molecular weight is 411 g/mol. The minimum atomic E-state index is -3.16. The van der Waals surface area contributed by atoms with Crippen LogP contribution in [-0.4, -0.2) is 19.5 Å².